The van der Waals surface area contributed by atoms with Crippen LogP contribution in [0.4, 0.5) is 5.69 Å². The third-order valence-electron chi connectivity index (χ3n) is 4.84. The van der Waals surface area contributed by atoms with Crippen LogP contribution in [0.1, 0.15) is 5.56 Å². The normalized spacial score (nSPS) is 18.5. The van der Waals surface area contributed by atoms with Gasteiger partial charge in [0.15, 0.2) is 15.1 Å². The molecule has 0 saturated carbocycles. The van der Waals surface area contributed by atoms with Gasteiger partial charge in [0.2, 0.25) is 11.8 Å². The summed E-state index contributed by atoms with van der Waals surface area (Å²) in [6.07, 6.45) is 0. The SMILES string of the molecule is COc1ccc(NC(=O)CSC2NCC(S(=O)(=O)c3ccc(C)cc3)C(=O)N2)c(OC)c1. The fraction of sp³-hybridized carbons (Fsp3) is 0.333. The molecule has 1 aliphatic heterocycles. The number of methoxy groups -OCH3 is 2. The predicted molar refractivity (Wildman–Crippen MR) is 123 cm³/mol. The van der Waals surface area contributed by atoms with Gasteiger partial charge in [0.25, 0.3) is 0 Å². The van der Waals surface area contributed by atoms with E-state index in [0.717, 1.165) is 17.3 Å². The Bertz CT molecular complexity index is 1090. The van der Waals surface area contributed by atoms with E-state index in [1.165, 1.54) is 26.4 Å². The Hall–Kier alpha value is -2.76. The molecule has 0 radical (unpaired) electrons. The average molecular weight is 480 g/mol. The lowest BCUT2D eigenvalue weighted by atomic mass is 10.2. The standard InChI is InChI=1S/C21H25N3O6S2/c1-13-4-7-15(8-5-13)32(27,28)18-11-22-21(24-20(18)26)31-12-19(25)23-16-9-6-14(29-2)10-17(16)30-3/h4-10,18,21-22H,11-12H2,1-3H3,(H,23,25)(H,24,26). The number of benzene rings is 2. The fourth-order valence-electron chi connectivity index (χ4n) is 3.07. The van der Waals surface area contributed by atoms with Crippen molar-refractivity contribution in [1.29, 1.82) is 0 Å². The maximum Gasteiger partial charge on any atom is 0.241 e. The second kappa shape index (κ2) is 10.2. The number of ether oxygens (including phenoxy) is 2. The Balaban J connectivity index is 1.55. The van der Waals surface area contributed by atoms with E-state index >= 15 is 0 Å². The molecule has 1 fully saturated rings. The van der Waals surface area contributed by atoms with Crippen molar-refractivity contribution in [2.75, 3.05) is 31.8 Å². The number of hydrogen-bond donors (Lipinski definition) is 3. The number of thioether (sulfide) groups is 1. The summed E-state index contributed by atoms with van der Waals surface area (Å²) in [7, 11) is -0.803. The third kappa shape index (κ3) is 5.53. The lowest BCUT2D eigenvalue weighted by molar-refractivity contribution is -0.122. The van der Waals surface area contributed by atoms with Crippen LogP contribution in [-0.2, 0) is 19.4 Å². The first-order chi connectivity index (χ1) is 15.2. The van der Waals surface area contributed by atoms with Gasteiger partial charge in [-0.2, -0.15) is 0 Å². The van der Waals surface area contributed by atoms with Gasteiger partial charge < -0.3 is 20.1 Å². The zero-order valence-corrected chi connectivity index (χ0v) is 19.5. The molecule has 1 heterocycles. The van der Waals surface area contributed by atoms with E-state index in [1.807, 2.05) is 6.92 Å². The molecule has 0 aromatic heterocycles. The number of carbonyl (C=O) groups excluding carboxylic acids is 2. The maximum absolute atomic E-state index is 12.8. The van der Waals surface area contributed by atoms with Crippen molar-refractivity contribution in [1.82, 2.24) is 10.6 Å². The van der Waals surface area contributed by atoms with Gasteiger partial charge in [-0.25, -0.2) is 8.42 Å². The highest BCUT2D eigenvalue weighted by molar-refractivity contribution is 8.00. The largest absolute Gasteiger partial charge is 0.497 e. The number of anilines is 1. The van der Waals surface area contributed by atoms with Gasteiger partial charge in [-0.3, -0.25) is 14.9 Å². The number of sulfone groups is 1. The molecule has 3 N–H and O–H groups in total. The summed E-state index contributed by atoms with van der Waals surface area (Å²) in [5.41, 5.74) is 0.830. The molecule has 2 aromatic rings. The van der Waals surface area contributed by atoms with E-state index in [0.29, 0.717) is 17.2 Å². The lowest BCUT2D eigenvalue weighted by Gasteiger charge is -2.29. The molecule has 2 atom stereocenters. The summed E-state index contributed by atoms with van der Waals surface area (Å²) in [6, 6.07) is 11.4. The molecule has 32 heavy (non-hydrogen) atoms. The van der Waals surface area contributed by atoms with Gasteiger partial charge in [-0.05, 0) is 31.2 Å². The van der Waals surface area contributed by atoms with Crippen molar-refractivity contribution in [3.8, 4) is 11.5 Å². The van der Waals surface area contributed by atoms with E-state index < -0.39 is 26.5 Å². The molecule has 3 rings (SSSR count). The Labute approximate surface area is 191 Å². The first-order valence-corrected chi connectivity index (χ1v) is 12.3. The quantitative estimate of drug-likeness (QED) is 0.521. The second-order valence-corrected chi connectivity index (χ2v) is 10.3. The Morgan fingerprint density at radius 2 is 1.88 bits per heavy atom. The molecular weight excluding hydrogens is 454 g/mol. The second-order valence-electron chi connectivity index (χ2n) is 7.07. The summed E-state index contributed by atoms with van der Waals surface area (Å²) in [6.45, 7) is 1.81. The molecule has 2 unspecified atom stereocenters. The summed E-state index contributed by atoms with van der Waals surface area (Å²) in [5, 5.41) is 7.11. The highest BCUT2D eigenvalue weighted by Gasteiger charge is 2.38. The molecule has 0 aliphatic carbocycles. The Morgan fingerprint density at radius 3 is 2.50 bits per heavy atom. The Kier molecular flexibility index (Phi) is 7.64. The molecular formula is C21H25N3O6S2. The van der Waals surface area contributed by atoms with Gasteiger partial charge in [-0.1, -0.05) is 17.7 Å². The van der Waals surface area contributed by atoms with Crippen molar-refractivity contribution in [2.24, 2.45) is 0 Å². The van der Waals surface area contributed by atoms with E-state index in [1.54, 1.807) is 30.3 Å². The average Bonchev–Trinajstić information content (AvgIpc) is 2.78. The third-order valence-corrected chi connectivity index (χ3v) is 7.95. The van der Waals surface area contributed by atoms with Crippen molar-refractivity contribution >= 4 is 39.1 Å². The van der Waals surface area contributed by atoms with Crippen LogP contribution >= 0.6 is 11.8 Å². The van der Waals surface area contributed by atoms with Crippen LogP contribution in [0.15, 0.2) is 47.4 Å². The monoisotopic (exact) mass is 479 g/mol. The molecule has 2 amide bonds. The first-order valence-electron chi connectivity index (χ1n) is 9.72. The van der Waals surface area contributed by atoms with Crippen LogP contribution in [0.25, 0.3) is 0 Å². The number of amides is 2. The van der Waals surface area contributed by atoms with Crippen molar-refractivity contribution in [2.45, 2.75) is 22.6 Å². The minimum Gasteiger partial charge on any atom is -0.497 e. The molecule has 0 bridgehead atoms. The van der Waals surface area contributed by atoms with E-state index in [-0.39, 0.29) is 23.1 Å². The number of aryl methyl sites for hydroxylation is 1. The minimum absolute atomic E-state index is 0.0303. The van der Waals surface area contributed by atoms with Gasteiger partial charge >= 0.3 is 0 Å². The zero-order chi connectivity index (χ0) is 23.3. The molecule has 11 heteroatoms. The van der Waals surface area contributed by atoms with E-state index in [2.05, 4.69) is 16.0 Å². The van der Waals surface area contributed by atoms with Crippen molar-refractivity contribution in [3.63, 3.8) is 0 Å². The van der Waals surface area contributed by atoms with Crippen LogP contribution < -0.4 is 25.4 Å². The summed E-state index contributed by atoms with van der Waals surface area (Å²) >= 11 is 1.14. The minimum atomic E-state index is -3.82. The summed E-state index contributed by atoms with van der Waals surface area (Å²) < 4.78 is 36.0. The molecule has 172 valence electrons. The zero-order valence-electron chi connectivity index (χ0n) is 17.9. The number of rotatable bonds is 8. The number of carbonyl (C=O) groups is 2. The van der Waals surface area contributed by atoms with Gasteiger partial charge in [0, 0.05) is 12.6 Å². The van der Waals surface area contributed by atoms with Crippen LogP contribution in [0, 0.1) is 6.92 Å². The number of nitrogens with one attached hydrogen (secondary N) is 3. The van der Waals surface area contributed by atoms with Crippen LogP contribution in [0.2, 0.25) is 0 Å². The van der Waals surface area contributed by atoms with E-state index in [9.17, 15) is 18.0 Å². The smallest absolute Gasteiger partial charge is 0.241 e. The molecule has 1 saturated heterocycles. The molecule has 1 aliphatic rings. The topological polar surface area (TPSA) is 123 Å². The Morgan fingerprint density at radius 1 is 1.16 bits per heavy atom. The van der Waals surface area contributed by atoms with Gasteiger partial charge in [0.1, 0.15) is 17.0 Å². The lowest BCUT2D eigenvalue weighted by Crippen LogP contribution is -2.59. The summed E-state index contributed by atoms with van der Waals surface area (Å²) in [4.78, 5) is 24.9. The maximum atomic E-state index is 12.8. The first kappa shape index (κ1) is 23.9. The number of hydrogen-bond acceptors (Lipinski definition) is 8. The summed E-state index contributed by atoms with van der Waals surface area (Å²) in [5.74, 6) is 0.181. The van der Waals surface area contributed by atoms with Crippen LogP contribution in [0.5, 0.6) is 11.5 Å². The van der Waals surface area contributed by atoms with E-state index in [4.69, 9.17) is 9.47 Å². The van der Waals surface area contributed by atoms with Crippen molar-refractivity contribution in [3.05, 3.63) is 48.0 Å². The highest BCUT2D eigenvalue weighted by Crippen LogP contribution is 2.29. The molecule has 0 spiro atoms. The highest BCUT2D eigenvalue weighted by atomic mass is 32.2. The predicted octanol–water partition coefficient (Wildman–Crippen LogP) is 1.53. The fourth-order valence-corrected chi connectivity index (χ4v) is 5.38. The van der Waals surface area contributed by atoms with Crippen LogP contribution in [-0.4, -0.2) is 57.5 Å². The van der Waals surface area contributed by atoms with Crippen molar-refractivity contribution < 1.29 is 27.5 Å². The van der Waals surface area contributed by atoms with Gasteiger partial charge in [-0.15, -0.1) is 11.8 Å². The molecule has 2 aromatic carbocycles. The molecule has 9 nitrogen and oxygen atoms in total. The van der Waals surface area contributed by atoms with Crippen LogP contribution in [0.3, 0.4) is 0 Å². The van der Waals surface area contributed by atoms with Gasteiger partial charge in [0.05, 0.1) is 30.6 Å².